The maximum absolute atomic E-state index is 11.3. The van der Waals surface area contributed by atoms with Crippen LogP contribution in [0.2, 0.25) is 0 Å². The van der Waals surface area contributed by atoms with Crippen LogP contribution in [-0.4, -0.2) is 36.2 Å². The molecule has 0 saturated heterocycles. The number of amides is 1. The molecule has 1 aromatic carbocycles. The SMILES string of the molecule is COCCCOc1cc(C(N)=O)cc2[nH]c(N)nc12. The molecule has 19 heavy (non-hydrogen) atoms. The number of hydrogen-bond donors (Lipinski definition) is 3. The highest BCUT2D eigenvalue weighted by Crippen LogP contribution is 2.26. The van der Waals surface area contributed by atoms with Crippen molar-refractivity contribution in [1.29, 1.82) is 0 Å². The molecular weight excluding hydrogens is 248 g/mol. The Morgan fingerprint density at radius 3 is 2.89 bits per heavy atom. The molecule has 0 aliphatic carbocycles. The van der Waals surface area contributed by atoms with Gasteiger partial charge in [0.15, 0.2) is 5.95 Å². The van der Waals surface area contributed by atoms with Crippen molar-refractivity contribution in [1.82, 2.24) is 9.97 Å². The van der Waals surface area contributed by atoms with Gasteiger partial charge in [0.05, 0.1) is 12.1 Å². The summed E-state index contributed by atoms with van der Waals surface area (Å²) < 4.78 is 10.5. The summed E-state index contributed by atoms with van der Waals surface area (Å²) in [4.78, 5) is 18.2. The number of nitrogens with zero attached hydrogens (tertiary/aromatic N) is 1. The van der Waals surface area contributed by atoms with Crippen molar-refractivity contribution in [3.63, 3.8) is 0 Å². The first-order chi connectivity index (χ1) is 9.11. The number of hydrogen-bond acceptors (Lipinski definition) is 5. The molecule has 102 valence electrons. The van der Waals surface area contributed by atoms with Crippen LogP contribution in [0.15, 0.2) is 12.1 Å². The predicted molar refractivity (Wildman–Crippen MR) is 71.0 cm³/mol. The molecule has 0 unspecified atom stereocenters. The number of ether oxygens (including phenoxy) is 2. The summed E-state index contributed by atoms with van der Waals surface area (Å²) in [7, 11) is 1.63. The van der Waals surface area contributed by atoms with E-state index >= 15 is 0 Å². The van der Waals surface area contributed by atoms with Crippen molar-refractivity contribution in [2.24, 2.45) is 5.73 Å². The second kappa shape index (κ2) is 5.57. The van der Waals surface area contributed by atoms with Gasteiger partial charge in [-0.3, -0.25) is 4.79 Å². The lowest BCUT2D eigenvalue weighted by molar-refractivity contribution is 0.1000. The van der Waals surface area contributed by atoms with Crippen LogP contribution in [0.5, 0.6) is 5.75 Å². The van der Waals surface area contributed by atoms with Crippen LogP contribution in [0.1, 0.15) is 16.8 Å². The molecule has 0 saturated carbocycles. The lowest BCUT2D eigenvalue weighted by Gasteiger charge is -2.07. The van der Waals surface area contributed by atoms with Gasteiger partial charge in [0.1, 0.15) is 11.3 Å². The molecule has 0 atom stereocenters. The normalized spacial score (nSPS) is 10.8. The summed E-state index contributed by atoms with van der Waals surface area (Å²) in [5, 5.41) is 0. The summed E-state index contributed by atoms with van der Waals surface area (Å²) in [6.45, 7) is 1.05. The second-order valence-electron chi connectivity index (χ2n) is 4.05. The minimum Gasteiger partial charge on any atom is -0.491 e. The van der Waals surface area contributed by atoms with Gasteiger partial charge < -0.3 is 25.9 Å². The van der Waals surface area contributed by atoms with E-state index in [1.54, 1.807) is 19.2 Å². The highest BCUT2D eigenvalue weighted by Gasteiger charge is 2.12. The van der Waals surface area contributed by atoms with Crippen molar-refractivity contribution in [2.45, 2.75) is 6.42 Å². The van der Waals surface area contributed by atoms with Gasteiger partial charge in [0.2, 0.25) is 5.91 Å². The summed E-state index contributed by atoms with van der Waals surface area (Å²) in [5.41, 5.74) is 12.4. The van der Waals surface area contributed by atoms with Gasteiger partial charge in [0, 0.05) is 25.7 Å². The average molecular weight is 264 g/mol. The molecule has 7 heteroatoms. The second-order valence-corrected chi connectivity index (χ2v) is 4.05. The summed E-state index contributed by atoms with van der Waals surface area (Å²) in [5.74, 6) is 0.213. The Hall–Kier alpha value is -2.28. The zero-order valence-corrected chi connectivity index (χ0v) is 10.6. The average Bonchev–Trinajstić information content (AvgIpc) is 2.74. The smallest absolute Gasteiger partial charge is 0.248 e. The van der Waals surface area contributed by atoms with Crippen LogP contribution in [0.4, 0.5) is 5.95 Å². The van der Waals surface area contributed by atoms with Crippen molar-refractivity contribution in [3.05, 3.63) is 17.7 Å². The molecule has 2 aromatic rings. The number of rotatable bonds is 6. The number of benzene rings is 1. The van der Waals surface area contributed by atoms with Gasteiger partial charge in [0.25, 0.3) is 0 Å². The molecule has 0 radical (unpaired) electrons. The standard InChI is InChI=1S/C12H16N4O3/c1-18-3-2-4-19-9-6-7(11(13)17)5-8-10(9)16-12(14)15-8/h5-6H,2-4H2,1H3,(H2,13,17)(H3,14,15,16). The Bertz CT molecular complexity index is 594. The Morgan fingerprint density at radius 1 is 1.42 bits per heavy atom. The lowest BCUT2D eigenvalue weighted by atomic mass is 10.2. The number of nitrogen functional groups attached to an aromatic ring is 1. The number of methoxy groups -OCH3 is 1. The lowest BCUT2D eigenvalue weighted by Crippen LogP contribution is -2.11. The molecule has 1 aromatic heterocycles. The monoisotopic (exact) mass is 264 g/mol. The molecular formula is C12H16N4O3. The van der Waals surface area contributed by atoms with Crippen molar-refractivity contribution in [2.75, 3.05) is 26.1 Å². The fourth-order valence-corrected chi connectivity index (χ4v) is 1.74. The largest absolute Gasteiger partial charge is 0.491 e. The summed E-state index contributed by atoms with van der Waals surface area (Å²) in [6, 6.07) is 3.17. The van der Waals surface area contributed by atoms with Crippen LogP contribution in [-0.2, 0) is 4.74 Å². The predicted octanol–water partition coefficient (Wildman–Crippen LogP) is 0.659. The molecule has 1 amide bonds. The van der Waals surface area contributed by atoms with E-state index in [1.807, 2.05) is 0 Å². The highest BCUT2D eigenvalue weighted by molar-refractivity contribution is 5.98. The first-order valence-corrected chi connectivity index (χ1v) is 5.82. The molecule has 0 spiro atoms. The number of carbonyl (C=O) groups is 1. The van der Waals surface area contributed by atoms with Crippen molar-refractivity contribution < 1.29 is 14.3 Å². The van der Waals surface area contributed by atoms with E-state index in [2.05, 4.69) is 9.97 Å². The summed E-state index contributed by atoms with van der Waals surface area (Å²) in [6.07, 6.45) is 0.735. The van der Waals surface area contributed by atoms with Gasteiger partial charge in [-0.05, 0) is 12.1 Å². The van der Waals surface area contributed by atoms with Gasteiger partial charge in [-0.25, -0.2) is 4.98 Å². The Labute approximate surface area is 109 Å². The van der Waals surface area contributed by atoms with E-state index in [4.69, 9.17) is 20.9 Å². The van der Waals surface area contributed by atoms with Gasteiger partial charge >= 0.3 is 0 Å². The van der Waals surface area contributed by atoms with Crippen molar-refractivity contribution in [3.8, 4) is 5.75 Å². The van der Waals surface area contributed by atoms with Gasteiger partial charge in [-0.2, -0.15) is 0 Å². The number of primary amides is 1. The number of aromatic amines is 1. The number of nitrogens with two attached hydrogens (primary N) is 2. The maximum atomic E-state index is 11.3. The minimum atomic E-state index is -0.531. The van der Waals surface area contributed by atoms with E-state index in [1.165, 1.54) is 0 Å². The number of H-pyrrole nitrogens is 1. The molecule has 0 fully saturated rings. The quantitative estimate of drug-likeness (QED) is 0.663. The van der Waals surface area contributed by atoms with Gasteiger partial charge in [-0.15, -0.1) is 0 Å². The highest BCUT2D eigenvalue weighted by atomic mass is 16.5. The zero-order valence-electron chi connectivity index (χ0n) is 10.6. The molecule has 5 N–H and O–H groups in total. The zero-order chi connectivity index (χ0) is 13.8. The third-order valence-corrected chi connectivity index (χ3v) is 2.60. The molecule has 0 aliphatic rings. The van der Waals surface area contributed by atoms with E-state index < -0.39 is 5.91 Å². The number of nitrogens with one attached hydrogen (secondary N) is 1. The Balaban J connectivity index is 2.30. The van der Waals surface area contributed by atoms with Gasteiger partial charge in [-0.1, -0.05) is 0 Å². The number of carbonyl (C=O) groups excluding carboxylic acids is 1. The topological polar surface area (TPSA) is 116 Å². The van der Waals surface area contributed by atoms with Crippen LogP contribution in [0.25, 0.3) is 11.0 Å². The Morgan fingerprint density at radius 2 is 2.21 bits per heavy atom. The van der Waals surface area contributed by atoms with Crippen molar-refractivity contribution >= 4 is 22.9 Å². The molecule has 1 heterocycles. The third-order valence-electron chi connectivity index (χ3n) is 2.60. The van der Waals surface area contributed by atoms with E-state index in [0.717, 1.165) is 6.42 Å². The number of aromatic nitrogens is 2. The van der Waals surface area contributed by atoms with E-state index in [0.29, 0.717) is 35.6 Å². The van der Waals surface area contributed by atoms with Crippen LogP contribution < -0.4 is 16.2 Å². The first kappa shape index (κ1) is 13.2. The summed E-state index contributed by atoms with van der Waals surface area (Å²) >= 11 is 0. The Kier molecular flexibility index (Phi) is 3.86. The van der Waals surface area contributed by atoms with Crippen LogP contribution in [0.3, 0.4) is 0 Å². The van der Waals surface area contributed by atoms with E-state index in [9.17, 15) is 4.79 Å². The minimum absolute atomic E-state index is 0.262. The molecule has 0 aliphatic heterocycles. The number of fused-ring (bicyclic) bond motifs is 1. The third kappa shape index (κ3) is 2.94. The fourth-order valence-electron chi connectivity index (χ4n) is 1.74. The maximum Gasteiger partial charge on any atom is 0.248 e. The van der Waals surface area contributed by atoms with E-state index in [-0.39, 0.29) is 5.95 Å². The van der Waals surface area contributed by atoms with Crippen LogP contribution >= 0.6 is 0 Å². The number of anilines is 1. The molecule has 2 rings (SSSR count). The number of imidazole rings is 1. The van der Waals surface area contributed by atoms with Crippen LogP contribution in [0, 0.1) is 0 Å². The molecule has 7 nitrogen and oxygen atoms in total. The fraction of sp³-hybridized carbons (Fsp3) is 0.333. The first-order valence-electron chi connectivity index (χ1n) is 5.82. The molecule has 0 bridgehead atoms.